The quantitative estimate of drug-likeness (QED) is 0.808. The van der Waals surface area contributed by atoms with Crippen LogP contribution in [0.3, 0.4) is 0 Å². The second-order valence-corrected chi connectivity index (χ2v) is 6.26. The van der Waals surface area contributed by atoms with E-state index in [1.165, 1.54) is 5.56 Å². The lowest BCUT2D eigenvalue weighted by atomic mass is 10.0. The van der Waals surface area contributed by atoms with Gasteiger partial charge in [-0.2, -0.15) is 0 Å². The molecule has 2 nitrogen and oxygen atoms in total. The Labute approximate surface area is 135 Å². The van der Waals surface area contributed by atoms with Crippen molar-refractivity contribution >= 4 is 15.9 Å². The zero-order valence-electron chi connectivity index (χ0n) is 12.6. The number of nitrogens with two attached hydrogens (primary N) is 1. The van der Waals surface area contributed by atoms with Crippen LogP contribution in [0.25, 0.3) is 0 Å². The van der Waals surface area contributed by atoms with Gasteiger partial charge in [0.2, 0.25) is 0 Å². The van der Waals surface area contributed by atoms with Crippen molar-refractivity contribution in [3.8, 4) is 5.75 Å². The van der Waals surface area contributed by atoms with Gasteiger partial charge in [-0.25, -0.2) is 0 Å². The van der Waals surface area contributed by atoms with E-state index >= 15 is 0 Å². The smallest absolute Gasteiger partial charge is 0.138 e. The summed E-state index contributed by atoms with van der Waals surface area (Å²) in [5, 5.41) is 0. The highest BCUT2D eigenvalue weighted by atomic mass is 79.9. The third-order valence-electron chi connectivity index (χ3n) is 3.38. The highest BCUT2D eigenvalue weighted by Crippen LogP contribution is 2.26. The molecule has 0 radical (unpaired) electrons. The van der Waals surface area contributed by atoms with E-state index in [9.17, 15) is 0 Å². The average Bonchev–Trinajstić information content (AvgIpc) is 2.46. The molecule has 0 aromatic heterocycles. The fourth-order valence-electron chi connectivity index (χ4n) is 2.33. The van der Waals surface area contributed by atoms with Gasteiger partial charge in [0.25, 0.3) is 0 Å². The Bertz CT molecular complexity index is 566. The van der Waals surface area contributed by atoms with E-state index in [1.54, 1.807) is 0 Å². The standard InChI is InChI=1S/C18H22BrNO/c1-3-5-14-8-10-17(11-9-14)21-18(13(2)20)15-6-4-7-16(19)12-15/h4,6-13,18H,3,5,20H2,1-2H3. The summed E-state index contributed by atoms with van der Waals surface area (Å²) in [6.45, 7) is 4.15. The number of benzene rings is 2. The molecule has 0 saturated carbocycles. The Balaban J connectivity index is 2.16. The topological polar surface area (TPSA) is 35.2 Å². The van der Waals surface area contributed by atoms with Gasteiger partial charge in [0, 0.05) is 10.5 Å². The summed E-state index contributed by atoms with van der Waals surface area (Å²) in [5.74, 6) is 0.858. The highest BCUT2D eigenvalue weighted by molar-refractivity contribution is 9.10. The molecule has 2 atom stereocenters. The first kappa shape index (κ1) is 16.1. The molecule has 0 heterocycles. The van der Waals surface area contributed by atoms with Crippen molar-refractivity contribution in [2.75, 3.05) is 0 Å². The zero-order chi connectivity index (χ0) is 15.2. The van der Waals surface area contributed by atoms with Gasteiger partial charge in [0.1, 0.15) is 11.9 Å². The van der Waals surface area contributed by atoms with Gasteiger partial charge in [-0.3, -0.25) is 0 Å². The van der Waals surface area contributed by atoms with Crippen LogP contribution in [0.15, 0.2) is 53.0 Å². The number of hydrogen-bond acceptors (Lipinski definition) is 2. The van der Waals surface area contributed by atoms with Crippen LogP contribution >= 0.6 is 15.9 Å². The molecule has 0 aliphatic heterocycles. The number of ether oxygens (including phenoxy) is 1. The Morgan fingerprint density at radius 3 is 2.43 bits per heavy atom. The van der Waals surface area contributed by atoms with Gasteiger partial charge >= 0.3 is 0 Å². The van der Waals surface area contributed by atoms with E-state index in [1.807, 2.05) is 37.3 Å². The van der Waals surface area contributed by atoms with Crippen molar-refractivity contribution in [1.82, 2.24) is 0 Å². The van der Waals surface area contributed by atoms with Crippen LogP contribution in [-0.2, 0) is 6.42 Å². The van der Waals surface area contributed by atoms with Gasteiger partial charge in [-0.1, -0.05) is 53.5 Å². The molecule has 0 spiro atoms. The van der Waals surface area contributed by atoms with E-state index in [0.29, 0.717) is 0 Å². The van der Waals surface area contributed by atoms with Crippen molar-refractivity contribution in [3.63, 3.8) is 0 Å². The maximum absolute atomic E-state index is 6.10. The second-order valence-electron chi connectivity index (χ2n) is 5.35. The maximum atomic E-state index is 6.10. The lowest BCUT2D eigenvalue weighted by molar-refractivity contribution is 0.180. The molecule has 3 heteroatoms. The number of aryl methyl sites for hydroxylation is 1. The first-order chi connectivity index (χ1) is 10.1. The lowest BCUT2D eigenvalue weighted by Crippen LogP contribution is -2.29. The van der Waals surface area contributed by atoms with Crippen molar-refractivity contribution < 1.29 is 4.74 Å². The van der Waals surface area contributed by atoms with E-state index in [2.05, 4.69) is 41.1 Å². The highest BCUT2D eigenvalue weighted by Gasteiger charge is 2.18. The van der Waals surface area contributed by atoms with Crippen LogP contribution in [-0.4, -0.2) is 6.04 Å². The minimum atomic E-state index is -0.153. The van der Waals surface area contributed by atoms with Gasteiger partial charge in [-0.15, -0.1) is 0 Å². The molecule has 0 amide bonds. The van der Waals surface area contributed by atoms with Gasteiger partial charge in [-0.05, 0) is 48.7 Å². The predicted molar refractivity (Wildman–Crippen MR) is 91.6 cm³/mol. The van der Waals surface area contributed by atoms with Crippen LogP contribution in [0.1, 0.15) is 37.5 Å². The lowest BCUT2D eigenvalue weighted by Gasteiger charge is -2.23. The molecule has 0 aliphatic carbocycles. The molecule has 2 aromatic carbocycles. The minimum absolute atomic E-state index is 0.0883. The van der Waals surface area contributed by atoms with Crippen LogP contribution in [0.2, 0.25) is 0 Å². The summed E-state index contributed by atoms with van der Waals surface area (Å²) in [6, 6.07) is 16.3. The van der Waals surface area contributed by atoms with Gasteiger partial charge in [0.05, 0.1) is 0 Å². The van der Waals surface area contributed by atoms with Crippen molar-refractivity contribution in [1.29, 1.82) is 0 Å². The maximum Gasteiger partial charge on any atom is 0.138 e. The minimum Gasteiger partial charge on any atom is -0.484 e. The molecular formula is C18H22BrNO. The van der Waals surface area contributed by atoms with Crippen LogP contribution in [0, 0.1) is 0 Å². The molecule has 0 fully saturated rings. The summed E-state index contributed by atoms with van der Waals surface area (Å²) in [4.78, 5) is 0. The summed E-state index contributed by atoms with van der Waals surface area (Å²) in [7, 11) is 0. The summed E-state index contributed by atoms with van der Waals surface area (Å²) in [6.07, 6.45) is 2.10. The molecule has 0 bridgehead atoms. The van der Waals surface area contributed by atoms with E-state index < -0.39 is 0 Å². The Morgan fingerprint density at radius 2 is 1.86 bits per heavy atom. The van der Waals surface area contributed by atoms with Gasteiger partial charge < -0.3 is 10.5 Å². The van der Waals surface area contributed by atoms with Crippen LogP contribution in [0.5, 0.6) is 5.75 Å². The number of rotatable bonds is 6. The van der Waals surface area contributed by atoms with Crippen molar-refractivity contribution in [2.24, 2.45) is 5.73 Å². The zero-order valence-corrected chi connectivity index (χ0v) is 14.1. The van der Waals surface area contributed by atoms with Gasteiger partial charge in [0.15, 0.2) is 0 Å². The molecule has 2 unspecified atom stereocenters. The molecule has 2 N–H and O–H groups in total. The molecular weight excluding hydrogens is 326 g/mol. The average molecular weight is 348 g/mol. The summed E-state index contributed by atoms with van der Waals surface area (Å²) < 4.78 is 7.14. The molecule has 0 aliphatic rings. The molecule has 2 aromatic rings. The molecule has 2 rings (SSSR count). The van der Waals surface area contributed by atoms with Crippen LogP contribution in [0.4, 0.5) is 0 Å². The number of halogens is 1. The van der Waals surface area contributed by atoms with E-state index in [-0.39, 0.29) is 12.1 Å². The normalized spacial score (nSPS) is 13.7. The molecule has 0 saturated heterocycles. The second kappa shape index (κ2) is 7.62. The Hall–Kier alpha value is -1.32. The Morgan fingerprint density at radius 1 is 1.14 bits per heavy atom. The third kappa shape index (κ3) is 4.58. The monoisotopic (exact) mass is 347 g/mol. The fraction of sp³-hybridized carbons (Fsp3) is 0.333. The SMILES string of the molecule is CCCc1ccc(OC(c2cccc(Br)c2)C(C)N)cc1. The first-order valence-corrected chi connectivity index (χ1v) is 8.16. The molecule has 21 heavy (non-hydrogen) atoms. The Kier molecular flexibility index (Phi) is 5.83. The largest absolute Gasteiger partial charge is 0.484 e. The first-order valence-electron chi connectivity index (χ1n) is 7.36. The predicted octanol–water partition coefficient (Wildman–Crippen LogP) is 4.87. The van der Waals surface area contributed by atoms with E-state index in [4.69, 9.17) is 10.5 Å². The summed E-state index contributed by atoms with van der Waals surface area (Å²) in [5.41, 5.74) is 8.52. The number of hydrogen-bond donors (Lipinski definition) is 1. The van der Waals surface area contributed by atoms with Crippen molar-refractivity contribution in [3.05, 3.63) is 64.1 Å². The summed E-state index contributed by atoms with van der Waals surface area (Å²) >= 11 is 3.50. The van der Waals surface area contributed by atoms with Crippen molar-refractivity contribution in [2.45, 2.75) is 38.8 Å². The van der Waals surface area contributed by atoms with Crippen LogP contribution < -0.4 is 10.5 Å². The fourth-order valence-corrected chi connectivity index (χ4v) is 2.75. The van der Waals surface area contributed by atoms with E-state index in [0.717, 1.165) is 28.6 Å². The third-order valence-corrected chi connectivity index (χ3v) is 3.87. The molecule has 112 valence electrons.